The fourth-order valence-corrected chi connectivity index (χ4v) is 5.41. The molecule has 3 aromatic rings. The molecule has 0 saturated carbocycles. The van der Waals surface area contributed by atoms with E-state index < -0.39 is 5.60 Å². The third-order valence-electron chi connectivity index (χ3n) is 7.37. The summed E-state index contributed by atoms with van der Waals surface area (Å²) >= 11 is 0. The minimum Gasteiger partial charge on any atom is -0.497 e. The van der Waals surface area contributed by atoms with E-state index in [0.717, 1.165) is 59.8 Å². The van der Waals surface area contributed by atoms with Crippen LogP contribution in [0.25, 0.3) is 11.1 Å². The number of ether oxygens (including phenoxy) is 4. The highest BCUT2D eigenvalue weighted by Gasteiger charge is 2.47. The summed E-state index contributed by atoms with van der Waals surface area (Å²) in [5.74, 6) is 1.86. The number of carbonyl (C=O) groups is 1. The molecular formula is C32H35FN2O7. The van der Waals surface area contributed by atoms with Gasteiger partial charge in [-0.25, -0.2) is 9.18 Å². The number of halogens is 1. The number of likely N-dealkylation sites (tertiary alicyclic amines) is 1. The Bertz CT molecular complexity index is 1370. The molecule has 222 valence electrons. The van der Waals surface area contributed by atoms with Gasteiger partial charge in [0, 0.05) is 38.5 Å². The van der Waals surface area contributed by atoms with Crippen LogP contribution in [0.3, 0.4) is 0 Å². The Morgan fingerprint density at radius 3 is 2.14 bits per heavy atom. The molecular weight excluding hydrogens is 543 g/mol. The first-order valence-electron chi connectivity index (χ1n) is 13.9. The molecule has 0 aromatic heterocycles. The normalized spacial score (nSPS) is 15.8. The van der Waals surface area contributed by atoms with Crippen LogP contribution in [0.15, 0.2) is 60.7 Å². The number of anilines is 1. The van der Waals surface area contributed by atoms with Crippen LogP contribution < -0.4 is 19.1 Å². The van der Waals surface area contributed by atoms with Crippen molar-refractivity contribution in [3.8, 4) is 28.4 Å². The minimum atomic E-state index is -0.490. The van der Waals surface area contributed by atoms with E-state index in [1.165, 1.54) is 12.1 Å². The Morgan fingerprint density at radius 1 is 0.952 bits per heavy atom. The molecule has 1 spiro atoms. The zero-order valence-electron chi connectivity index (χ0n) is 24.1. The van der Waals surface area contributed by atoms with Crippen molar-refractivity contribution in [1.82, 2.24) is 4.90 Å². The summed E-state index contributed by atoms with van der Waals surface area (Å²) in [5, 5.41) is 0. The van der Waals surface area contributed by atoms with Gasteiger partial charge in [-0.15, -0.1) is 0 Å². The molecule has 42 heavy (non-hydrogen) atoms. The SMILES string of the molecule is CCOc1cc(CN2CCC3(CC2)CN(c2cccc(OC)c2)C(=O)O3)cc(OCC)c1-c1ccc(F)cc1.O=C=O. The number of methoxy groups -OCH3 is 1. The van der Waals surface area contributed by atoms with Crippen LogP contribution in [-0.4, -0.2) is 62.7 Å². The maximum Gasteiger partial charge on any atom is 0.415 e. The van der Waals surface area contributed by atoms with E-state index >= 15 is 0 Å². The van der Waals surface area contributed by atoms with E-state index in [-0.39, 0.29) is 18.1 Å². The molecule has 2 aliphatic heterocycles. The third-order valence-corrected chi connectivity index (χ3v) is 7.37. The van der Waals surface area contributed by atoms with Crippen LogP contribution in [0, 0.1) is 5.82 Å². The summed E-state index contributed by atoms with van der Waals surface area (Å²) in [6.45, 7) is 7.75. The number of piperidine rings is 1. The molecule has 2 aliphatic rings. The molecule has 3 aromatic carbocycles. The van der Waals surface area contributed by atoms with Crippen molar-refractivity contribution in [2.75, 3.05) is 44.9 Å². The Labute approximate surface area is 244 Å². The second kappa shape index (κ2) is 14.0. The maximum absolute atomic E-state index is 13.6. The van der Waals surface area contributed by atoms with E-state index in [0.29, 0.717) is 32.1 Å². The molecule has 9 nitrogen and oxygen atoms in total. The van der Waals surface area contributed by atoms with Crippen LogP contribution in [-0.2, 0) is 20.9 Å². The van der Waals surface area contributed by atoms with Crippen LogP contribution in [0.5, 0.6) is 17.2 Å². The highest BCUT2D eigenvalue weighted by molar-refractivity contribution is 5.90. The van der Waals surface area contributed by atoms with Crippen LogP contribution >= 0.6 is 0 Å². The van der Waals surface area contributed by atoms with Gasteiger partial charge in [-0.2, -0.15) is 9.59 Å². The number of benzene rings is 3. The summed E-state index contributed by atoms with van der Waals surface area (Å²) in [6, 6.07) is 18.0. The third kappa shape index (κ3) is 7.08. The first-order chi connectivity index (χ1) is 20.3. The molecule has 5 rings (SSSR count). The van der Waals surface area contributed by atoms with Crippen molar-refractivity contribution in [2.45, 2.75) is 38.8 Å². The van der Waals surface area contributed by atoms with Gasteiger partial charge in [0.1, 0.15) is 28.7 Å². The van der Waals surface area contributed by atoms with E-state index in [1.54, 1.807) is 24.1 Å². The zero-order chi connectivity index (χ0) is 30.1. The highest BCUT2D eigenvalue weighted by Crippen LogP contribution is 2.41. The molecule has 0 unspecified atom stereocenters. The largest absolute Gasteiger partial charge is 0.497 e. The molecule has 2 fully saturated rings. The number of rotatable bonds is 9. The fraction of sp³-hybridized carbons (Fsp3) is 0.375. The Kier molecular flexibility index (Phi) is 10.2. The summed E-state index contributed by atoms with van der Waals surface area (Å²) in [5.41, 5.74) is 3.04. The fourth-order valence-electron chi connectivity index (χ4n) is 5.41. The van der Waals surface area contributed by atoms with Gasteiger partial charge >= 0.3 is 12.2 Å². The second-order valence-corrected chi connectivity index (χ2v) is 10.0. The number of hydrogen-bond donors (Lipinski definition) is 0. The standard InChI is InChI=1S/C31H35FN2O5.CO2/c1-4-37-27-17-22(18-28(38-5-2)29(27)23-9-11-24(32)12-10-23)20-33-15-13-31(14-16-33)21-34(30(35)39-31)25-7-6-8-26(19-25)36-3;2-1-3/h6-12,17-19H,4-5,13-16,20-21H2,1-3H3;. The lowest BCUT2D eigenvalue weighted by Crippen LogP contribution is -2.46. The van der Waals surface area contributed by atoms with Gasteiger partial charge in [-0.3, -0.25) is 9.80 Å². The first kappa shape index (κ1) is 30.6. The lowest BCUT2D eigenvalue weighted by Gasteiger charge is -2.37. The first-order valence-corrected chi connectivity index (χ1v) is 13.9. The Morgan fingerprint density at radius 2 is 1.57 bits per heavy atom. The molecule has 1 amide bonds. The van der Waals surface area contributed by atoms with Gasteiger partial charge in [0.15, 0.2) is 0 Å². The average molecular weight is 579 g/mol. The maximum atomic E-state index is 13.6. The number of hydrogen-bond acceptors (Lipinski definition) is 8. The zero-order valence-corrected chi connectivity index (χ0v) is 24.1. The van der Waals surface area contributed by atoms with Crippen molar-refractivity contribution in [3.05, 3.63) is 72.0 Å². The second-order valence-electron chi connectivity index (χ2n) is 10.0. The van der Waals surface area contributed by atoms with Crippen LogP contribution in [0.1, 0.15) is 32.3 Å². The smallest absolute Gasteiger partial charge is 0.415 e. The number of carbonyl (C=O) groups excluding carboxylic acids is 3. The van der Waals surface area contributed by atoms with Gasteiger partial charge in [0.05, 0.1) is 38.1 Å². The Balaban J connectivity index is 0.00000129. The summed E-state index contributed by atoms with van der Waals surface area (Å²) in [4.78, 5) is 33.1. The molecule has 2 heterocycles. The molecule has 10 heteroatoms. The Hall–Kier alpha value is -4.40. The topological polar surface area (TPSA) is 94.6 Å². The van der Waals surface area contributed by atoms with Gasteiger partial charge < -0.3 is 18.9 Å². The molecule has 0 atom stereocenters. The highest BCUT2D eigenvalue weighted by atomic mass is 19.1. The predicted molar refractivity (Wildman–Crippen MR) is 153 cm³/mol. The van der Waals surface area contributed by atoms with Gasteiger partial charge in [0.2, 0.25) is 0 Å². The number of amides is 1. The van der Waals surface area contributed by atoms with E-state index in [9.17, 15) is 9.18 Å². The van der Waals surface area contributed by atoms with Gasteiger partial charge in [0.25, 0.3) is 0 Å². The van der Waals surface area contributed by atoms with E-state index in [4.69, 9.17) is 28.5 Å². The molecule has 0 N–H and O–H groups in total. The molecule has 0 bridgehead atoms. The predicted octanol–water partition coefficient (Wildman–Crippen LogP) is 5.71. The average Bonchev–Trinajstić information content (AvgIpc) is 3.31. The summed E-state index contributed by atoms with van der Waals surface area (Å²) < 4.78 is 36.9. The lowest BCUT2D eigenvalue weighted by atomic mass is 9.91. The molecule has 0 aliphatic carbocycles. The van der Waals surface area contributed by atoms with Crippen molar-refractivity contribution in [3.63, 3.8) is 0 Å². The van der Waals surface area contributed by atoms with E-state index in [1.807, 2.05) is 38.1 Å². The van der Waals surface area contributed by atoms with Crippen molar-refractivity contribution in [2.24, 2.45) is 0 Å². The van der Waals surface area contributed by atoms with Crippen LogP contribution in [0.2, 0.25) is 0 Å². The number of nitrogens with zero attached hydrogens (tertiary/aromatic N) is 2. The van der Waals surface area contributed by atoms with Crippen molar-refractivity contribution in [1.29, 1.82) is 0 Å². The van der Waals surface area contributed by atoms with Gasteiger partial charge in [-0.1, -0.05) is 18.2 Å². The monoisotopic (exact) mass is 578 g/mol. The van der Waals surface area contributed by atoms with Crippen LogP contribution in [0.4, 0.5) is 14.9 Å². The quantitative estimate of drug-likeness (QED) is 0.319. The molecule has 0 radical (unpaired) electrons. The minimum absolute atomic E-state index is 0.250. The summed E-state index contributed by atoms with van der Waals surface area (Å²) in [6.07, 6.45) is 1.45. The van der Waals surface area contributed by atoms with Crippen molar-refractivity contribution < 1.29 is 37.7 Å². The van der Waals surface area contributed by atoms with Gasteiger partial charge in [-0.05, 0) is 61.4 Å². The molecule has 2 saturated heterocycles. The van der Waals surface area contributed by atoms with E-state index in [2.05, 4.69) is 17.0 Å². The lowest BCUT2D eigenvalue weighted by molar-refractivity contribution is -0.191. The summed E-state index contributed by atoms with van der Waals surface area (Å²) in [7, 11) is 1.61. The van der Waals surface area contributed by atoms with Crippen molar-refractivity contribution >= 4 is 17.9 Å².